The van der Waals surface area contributed by atoms with Crippen LogP contribution in [0.15, 0.2) is 24.3 Å². The van der Waals surface area contributed by atoms with E-state index < -0.39 is 23.8 Å². The lowest BCUT2D eigenvalue weighted by atomic mass is 10.2. The minimum absolute atomic E-state index is 0.0719. The zero-order valence-corrected chi connectivity index (χ0v) is 14.1. The van der Waals surface area contributed by atoms with Crippen LogP contribution in [0.5, 0.6) is 0 Å². The molecule has 25 heavy (non-hydrogen) atoms. The number of amides is 4. The van der Waals surface area contributed by atoms with Gasteiger partial charge in [-0.2, -0.15) is 0 Å². The molecule has 2 atom stereocenters. The minimum atomic E-state index is -0.741. The van der Waals surface area contributed by atoms with E-state index in [0.29, 0.717) is 25.4 Å². The molecule has 0 aromatic heterocycles. The largest absolute Gasteiger partial charge is 0.375 e. The van der Waals surface area contributed by atoms with Gasteiger partial charge in [0, 0.05) is 18.8 Å². The van der Waals surface area contributed by atoms with Gasteiger partial charge in [-0.25, -0.2) is 9.18 Å². The molecular weight excluding hydrogens is 329 g/mol. The Morgan fingerprint density at radius 1 is 1.24 bits per heavy atom. The Hall–Kier alpha value is -2.48. The third-order valence-corrected chi connectivity index (χ3v) is 4.44. The van der Waals surface area contributed by atoms with E-state index in [1.807, 2.05) is 6.92 Å². The van der Waals surface area contributed by atoms with Crippen LogP contribution in [0.4, 0.5) is 14.9 Å². The number of anilines is 1. The maximum absolute atomic E-state index is 13.1. The maximum Gasteiger partial charge on any atom is 0.332 e. The molecule has 134 valence electrons. The van der Waals surface area contributed by atoms with Crippen LogP contribution in [0.25, 0.3) is 0 Å². The summed E-state index contributed by atoms with van der Waals surface area (Å²) in [6, 6.07) is 4.01. The number of ether oxygens (including phenoxy) is 1. The van der Waals surface area contributed by atoms with E-state index in [1.54, 1.807) is 11.8 Å². The fourth-order valence-corrected chi connectivity index (χ4v) is 3.09. The van der Waals surface area contributed by atoms with Crippen LogP contribution in [-0.4, -0.2) is 66.0 Å². The lowest BCUT2D eigenvalue weighted by Crippen LogP contribution is -2.49. The van der Waals surface area contributed by atoms with E-state index in [-0.39, 0.29) is 18.6 Å². The number of benzene rings is 1. The zero-order chi connectivity index (χ0) is 18.1. The molecule has 0 N–H and O–H groups in total. The molecule has 2 saturated heterocycles. The molecule has 1 aromatic rings. The topological polar surface area (TPSA) is 70.2 Å². The highest BCUT2D eigenvalue weighted by Gasteiger charge is 2.44. The molecule has 2 heterocycles. The summed E-state index contributed by atoms with van der Waals surface area (Å²) in [6.45, 7) is 4.47. The van der Waals surface area contributed by atoms with E-state index in [4.69, 9.17) is 4.74 Å². The lowest BCUT2D eigenvalue weighted by molar-refractivity contribution is -0.142. The molecule has 2 aliphatic rings. The molecule has 0 aliphatic carbocycles. The van der Waals surface area contributed by atoms with Gasteiger partial charge in [-0.05, 0) is 38.1 Å². The summed E-state index contributed by atoms with van der Waals surface area (Å²) in [5.41, 5.74) is 0.419. The molecule has 2 fully saturated rings. The second-order valence-electron chi connectivity index (χ2n) is 6.25. The number of morpholine rings is 1. The summed E-state index contributed by atoms with van der Waals surface area (Å²) in [6.07, 6.45) is -0.0719. The Labute approximate surface area is 144 Å². The Morgan fingerprint density at radius 3 is 2.56 bits per heavy atom. The molecule has 4 amide bonds. The molecule has 0 saturated carbocycles. The van der Waals surface area contributed by atoms with E-state index in [2.05, 4.69) is 0 Å². The molecule has 8 heteroatoms. The summed E-state index contributed by atoms with van der Waals surface area (Å²) >= 11 is 0. The number of carbonyl (C=O) groups excluding carboxylic acids is 3. The van der Waals surface area contributed by atoms with Gasteiger partial charge in [-0.3, -0.25) is 19.4 Å². The van der Waals surface area contributed by atoms with Gasteiger partial charge in [0.25, 0.3) is 5.91 Å². The first-order valence-corrected chi connectivity index (χ1v) is 8.18. The molecule has 0 radical (unpaired) electrons. The van der Waals surface area contributed by atoms with Crippen LogP contribution >= 0.6 is 0 Å². The van der Waals surface area contributed by atoms with Crippen molar-refractivity contribution in [3.8, 4) is 0 Å². The number of imide groups is 1. The van der Waals surface area contributed by atoms with Crippen LogP contribution in [0.2, 0.25) is 0 Å². The van der Waals surface area contributed by atoms with Crippen molar-refractivity contribution in [2.45, 2.75) is 26.0 Å². The normalized spacial score (nSPS) is 24.2. The van der Waals surface area contributed by atoms with Gasteiger partial charge in [-0.15, -0.1) is 0 Å². The van der Waals surface area contributed by atoms with Crippen molar-refractivity contribution < 1.29 is 23.5 Å². The summed E-state index contributed by atoms with van der Waals surface area (Å²) in [4.78, 5) is 41.3. The monoisotopic (exact) mass is 349 g/mol. The molecule has 0 spiro atoms. The standard InChI is InChI=1S/C17H20FN3O4/c1-11-9-19(7-8-25-11)15(22)10-20-16(23)12(2)21(17(20)24)14-5-3-13(18)4-6-14/h3-6,11-12H,7-10H2,1-2H3. The first kappa shape index (κ1) is 17.3. The van der Waals surface area contributed by atoms with Gasteiger partial charge < -0.3 is 9.64 Å². The zero-order valence-electron chi connectivity index (χ0n) is 14.1. The SMILES string of the molecule is CC1CN(C(=O)CN2C(=O)C(C)N(c3ccc(F)cc3)C2=O)CCO1. The van der Waals surface area contributed by atoms with Crippen molar-refractivity contribution in [1.29, 1.82) is 0 Å². The van der Waals surface area contributed by atoms with E-state index in [9.17, 15) is 18.8 Å². The van der Waals surface area contributed by atoms with Crippen LogP contribution < -0.4 is 4.90 Å². The van der Waals surface area contributed by atoms with Crippen molar-refractivity contribution in [3.05, 3.63) is 30.1 Å². The maximum atomic E-state index is 13.1. The van der Waals surface area contributed by atoms with Crippen molar-refractivity contribution in [3.63, 3.8) is 0 Å². The highest BCUT2D eigenvalue weighted by atomic mass is 19.1. The second kappa shape index (κ2) is 6.79. The summed E-state index contributed by atoms with van der Waals surface area (Å²) in [7, 11) is 0. The smallest absolute Gasteiger partial charge is 0.332 e. The van der Waals surface area contributed by atoms with Gasteiger partial charge in [0.05, 0.1) is 12.7 Å². The molecule has 7 nitrogen and oxygen atoms in total. The van der Waals surface area contributed by atoms with Gasteiger partial charge in [0.1, 0.15) is 18.4 Å². The van der Waals surface area contributed by atoms with Gasteiger partial charge in [-0.1, -0.05) is 0 Å². The van der Waals surface area contributed by atoms with Crippen molar-refractivity contribution in [2.24, 2.45) is 0 Å². The number of rotatable bonds is 3. The average molecular weight is 349 g/mol. The summed E-state index contributed by atoms with van der Waals surface area (Å²) < 4.78 is 18.5. The van der Waals surface area contributed by atoms with E-state index in [1.165, 1.54) is 29.2 Å². The van der Waals surface area contributed by atoms with Crippen molar-refractivity contribution >= 4 is 23.5 Å². The van der Waals surface area contributed by atoms with Crippen LogP contribution in [0.3, 0.4) is 0 Å². The fourth-order valence-electron chi connectivity index (χ4n) is 3.09. The molecule has 0 bridgehead atoms. The molecule has 3 rings (SSSR count). The molecule has 1 aromatic carbocycles. The second-order valence-corrected chi connectivity index (χ2v) is 6.25. The first-order chi connectivity index (χ1) is 11.9. The van der Waals surface area contributed by atoms with Crippen LogP contribution in [0, 0.1) is 5.82 Å². The van der Waals surface area contributed by atoms with Gasteiger partial charge >= 0.3 is 6.03 Å². The predicted molar refractivity (Wildman–Crippen MR) is 87.4 cm³/mol. The van der Waals surface area contributed by atoms with Gasteiger partial charge in [0.15, 0.2) is 0 Å². The van der Waals surface area contributed by atoms with E-state index in [0.717, 1.165) is 4.90 Å². The number of halogens is 1. The summed E-state index contributed by atoms with van der Waals surface area (Å²) in [5, 5.41) is 0. The minimum Gasteiger partial charge on any atom is -0.375 e. The lowest BCUT2D eigenvalue weighted by Gasteiger charge is -2.32. The Bertz CT molecular complexity index is 694. The van der Waals surface area contributed by atoms with Crippen LogP contribution in [0.1, 0.15) is 13.8 Å². The van der Waals surface area contributed by atoms with Crippen molar-refractivity contribution in [1.82, 2.24) is 9.80 Å². The van der Waals surface area contributed by atoms with Gasteiger partial charge in [0.2, 0.25) is 5.91 Å². The van der Waals surface area contributed by atoms with E-state index >= 15 is 0 Å². The average Bonchev–Trinajstić information content (AvgIpc) is 2.79. The molecule has 2 unspecified atom stereocenters. The molecular formula is C17H20FN3O4. The number of hydrogen-bond donors (Lipinski definition) is 0. The third-order valence-electron chi connectivity index (χ3n) is 4.44. The third kappa shape index (κ3) is 3.34. The Balaban J connectivity index is 1.74. The number of nitrogens with zero attached hydrogens (tertiary/aromatic N) is 3. The molecule has 2 aliphatic heterocycles. The predicted octanol–water partition coefficient (Wildman–Crippen LogP) is 1.23. The Morgan fingerprint density at radius 2 is 1.92 bits per heavy atom. The number of hydrogen-bond acceptors (Lipinski definition) is 4. The quantitative estimate of drug-likeness (QED) is 0.770. The summed E-state index contributed by atoms with van der Waals surface area (Å²) in [5.74, 6) is -1.16. The fraction of sp³-hybridized carbons (Fsp3) is 0.471. The Kier molecular flexibility index (Phi) is 4.71. The number of urea groups is 1. The van der Waals surface area contributed by atoms with Crippen LogP contribution in [-0.2, 0) is 14.3 Å². The highest BCUT2D eigenvalue weighted by Crippen LogP contribution is 2.26. The number of carbonyl (C=O) groups is 3. The first-order valence-electron chi connectivity index (χ1n) is 8.18. The highest BCUT2D eigenvalue weighted by molar-refractivity contribution is 6.15. The van der Waals surface area contributed by atoms with Crippen molar-refractivity contribution in [2.75, 3.05) is 31.1 Å².